The first-order valence-electron chi connectivity index (χ1n) is 6.57. The number of ether oxygens (including phenoxy) is 3. The van der Waals surface area contributed by atoms with E-state index in [1.807, 2.05) is 0 Å². The van der Waals surface area contributed by atoms with Gasteiger partial charge in [-0.05, 0) is 6.42 Å². The molecule has 4 heteroatoms. The van der Waals surface area contributed by atoms with E-state index in [9.17, 15) is 0 Å². The van der Waals surface area contributed by atoms with Crippen molar-refractivity contribution in [2.45, 2.75) is 63.9 Å². The Morgan fingerprint density at radius 3 is 1.82 bits per heavy atom. The quantitative estimate of drug-likeness (QED) is 0.450. The van der Waals surface area contributed by atoms with Gasteiger partial charge in [0.25, 0.3) is 5.97 Å². The van der Waals surface area contributed by atoms with Crippen molar-refractivity contribution >= 4 is 0 Å². The first-order valence-corrected chi connectivity index (χ1v) is 6.57. The third-order valence-corrected chi connectivity index (χ3v) is 3.18. The van der Waals surface area contributed by atoms with E-state index in [0.29, 0.717) is 0 Å². The molecular formula is C13H29NO3. The third kappa shape index (κ3) is 5.82. The summed E-state index contributed by atoms with van der Waals surface area (Å²) < 4.78 is 15.7. The molecule has 0 aromatic heterocycles. The maximum Gasteiger partial charge on any atom is 0.298 e. The van der Waals surface area contributed by atoms with E-state index in [1.165, 1.54) is 32.1 Å². The number of methoxy groups -OCH3 is 3. The molecule has 0 rings (SSSR count). The summed E-state index contributed by atoms with van der Waals surface area (Å²) in [5.41, 5.74) is 6.05. The minimum Gasteiger partial charge on any atom is -0.330 e. The minimum absolute atomic E-state index is 0.256. The van der Waals surface area contributed by atoms with Crippen molar-refractivity contribution in [2.75, 3.05) is 21.3 Å². The standard InChI is InChI=1S/C13H29NO3/c1-5-6-7-8-9-10-11-12(14)13(15-2,16-3)17-4/h12H,5-11,14H2,1-4H3. The van der Waals surface area contributed by atoms with Crippen LogP contribution in [0.3, 0.4) is 0 Å². The highest BCUT2D eigenvalue weighted by Gasteiger charge is 2.37. The summed E-state index contributed by atoms with van der Waals surface area (Å²) in [7, 11) is 4.65. The molecule has 0 aliphatic carbocycles. The summed E-state index contributed by atoms with van der Waals surface area (Å²) in [5, 5.41) is 0. The molecule has 0 aliphatic heterocycles. The van der Waals surface area contributed by atoms with Crippen molar-refractivity contribution < 1.29 is 14.2 Å². The van der Waals surface area contributed by atoms with E-state index in [1.54, 1.807) is 21.3 Å². The second-order valence-corrected chi connectivity index (χ2v) is 4.38. The van der Waals surface area contributed by atoms with Crippen molar-refractivity contribution in [2.24, 2.45) is 5.73 Å². The van der Waals surface area contributed by atoms with Gasteiger partial charge in [-0.3, -0.25) is 0 Å². The van der Waals surface area contributed by atoms with Gasteiger partial charge in [-0.25, -0.2) is 0 Å². The molecule has 1 unspecified atom stereocenters. The molecule has 0 aromatic carbocycles. The van der Waals surface area contributed by atoms with Crippen molar-refractivity contribution in [3.63, 3.8) is 0 Å². The molecule has 0 aliphatic rings. The first kappa shape index (κ1) is 16.8. The molecule has 17 heavy (non-hydrogen) atoms. The van der Waals surface area contributed by atoms with Gasteiger partial charge in [-0.2, -0.15) is 0 Å². The smallest absolute Gasteiger partial charge is 0.298 e. The molecule has 0 radical (unpaired) electrons. The predicted octanol–water partition coefficient (Wildman–Crippen LogP) is 2.66. The summed E-state index contributed by atoms with van der Waals surface area (Å²) in [5.74, 6) is -1.09. The van der Waals surface area contributed by atoms with Crippen molar-refractivity contribution in [3.8, 4) is 0 Å². The fraction of sp³-hybridized carbons (Fsp3) is 1.00. The van der Waals surface area contributed by atoms with Crippen LogP contribution in [0.2, 0.25) is 0 Å². The summed E-state index contributed by atoms with van der Waals surface area (Å²) in [4.78, 5) is 0. The van der Waals surface area contributed by atoms with Gasteiger partial charge in [0.05, 0.1) is 6.04 Å². The molecule has 0 fully saturated rings. The van der Waals surface area contributed by atoms with Crippen LogP contribution in [0, 0.1) is 0 Å². The predicted molar refractivity (Wildman–Crippen MR) is 69.7 cm³/mol. The molecule has 0 spiro atoms. The molecule has 104 valence electrons. The van der Waals surface area contributed by atoms with Crippen LogP contribution in [0.5, 0.6) is 0 Å². The normalized spacial score (nSPS) is 13.9. The number of rotatable bonds is 11. The van der Waals surface area contributed by atoms with E-state index in [0.717, 1.165) is 12.8 Å². The first-order chi connectivity index (χ1) is 8.16. The van der Waals surface area contributed by atoms with Crippen LogP contribution in [0.25, 0.3) is 0 Å². The molecule has 0 bridgehead atoms. The Kier molecular flexibility index (Phi) is 9.74. The van der Waals surface area contributed by atoms with Gasteiger partial charge in [-0.1, -0.05) is 45.4 Å². The van der Waals surface area contributed by atoms with Crippen molar-refractivity contribution in [3.05, 3.63) is 0 Å². The Morgan fingerprint density at radius 2 is 1.35 bits per heavy atom. The second kappa shape index (κ2) is 9.83. The number of hydrogen-bond acceptors (Lipinski definition) is 4. The lowest BCUT2D eigenvalue weighted by Crippen LogP contribution is -2.52. The largest absolute Gasteiger partial charge is 0.330 e. The van der Waals surface area contributed by atoms with E-state index in [2.05, 4.69) is 6.92 Å². The Bertz CT molecular complexity index is 164. The maximum absolute atomic E-state index is 6.05. The SMILES string of the molecule is CCCCCCCCC(N)C(OC)(OC)OC. The van der Waals surface area contributed by atoms with Gasteiger partial charge in [0.1, 0.15) is 0 Å². The highest BCUT2D eigenvalue weighted by molar-refractivity contribution is 4.73. The van der Waals surface area contributed by atoms with Crippen LogP contribution >= 0.6 is 0 Å². The van der Waals surface area contributed by atoms with Crippen LogP contribution in [-0.4, -0.2) is 33.3 Å². The van der Waals surface area contributed by atoms with Crippen LogP contribution in [0.4, 0.5) is 0 Å². The van der Waals surface area contributed by atoms with Crippen LogP contribution in [-0.2, 0) is 14.2 Å². The molecule has 0 aromatic rings. The fourth-order valence-corrected chi connectivity index (χ4v) is 2.03. The minimum atomic E-state index is -1.09. The van der Waals surface area contributed by atoms with E-state index in [-0.39, 0.29) is 6.04 Å². The topological polar surface area (TPSA) is 53.7 Å². The van der Waals surface area contributed by atoms with Crippen molar-refractivity contribution in [1.29, 1.82) is 0 Å². The molecule has 1 atom stereocenters. The molecule has 2 N–H and O–H groups in total. The molecule has 0 heterocycles. The highest BCUT2D eigenvalue weighted by Crippen LogP contribution is 2.20. The highest BCUT2D eigenvalue weighted by atomic mass is 16.9. The summed E-state index contributed by atoms with van der Waals surface area (Å²) in [6.07, 6.45) is 8.34. The summed E-state index contributed by atoms with van der Waals surface area (Å²) in [6, 6.07) is -0.256. The lowest BCUT2D eigenvalue weighted by molar-refractivity contribution is -0.362. The van der Waals surface area contributed by atoms with Crippen LogP contribution in [0.15, 0.2) is 0 Å². The Balaban J connectivity index is 3.79. The summed E-state index contributed by atoms with van der Waals surface area (Å²) >= 11 is 0. The summed E-state index contributed by atoms with van der Waals surface area (Å²) in [6.45, 7) is 2.22. The molecule has 0 amide bonds. The molecule has 4 nitrogen and oxygen atoms in total. The molecule has 0 saturated carbocycles. The van der Waals surface area contributed by atoms with E-state index >= 15 is 0 Å². The second-order valence-electron chi connectivity index (χ2n) is 4.38. The third-order valence-electron chi connectivity index (χ3n) is 3.18. The van der Waals surface area contributed by atoms with Gasteiger partial charge >= 0.3 is 0 Å². The Labute approximate surface area is 106 Å². The monoisotopic (exact) mass is 247 g/mol. The Hall–Kier alpha value is -0.160. The zero-order valence-corrected chi connectivity index (χ0v) is 11.8. The van der Waals surface area contributed by atoms with Gasteiger partial charge < -0.3 is 19.9 Å². The lowest BCUT2D eigenvalue weighted by Gasteiger charge is -2.34. The Morgan fingerprint density at radius 1 is 0.882 bits per heavy atom. The zero-order valence-electron chi connectivity index (χ0n) is 11.8. The lowest BCUT2D eigenvalue weighted by atomic mass is 10.0. The fourth-order valence-electron chi connectivity index (χ4n) is 2.03. The van der Waals surface area contributed by atoms with Crippen LogP contribution in [0.1, 0.15) is 51.9 Å². The van der Waals surface area contributed by atoms with Gasteiger partial charge in [-0.15, -0.1) is 0 Å². The molecular weight excluding hydrogens is 218 g/mol. The number of hydrogen-bond donors (Lipinski definition) is 1. The van der Waals surface area contributed by atoms with E-state index < -0.39 is 5.97 Å². The average molecular weight is 247 g/mol. The molecule has 0 saturated heterocycles. The average Bonchev–Trinajstić information content (AvgIpc) is 2.36. The number of unbranched alkanes of at least 4 members (excludes halogenated alkanes) is 5. The van der Waals surface area contributed by atoms with Gasteiger partial charge in [0, 0.05) is 21.3 Å². The van der Waals surface area contributed by atoms with Crippen molar-refractivity contribution in [1.82, 2.24) is 0 Å². The zero-order chi connectivity index (χ0) is 13.1. The van der Waals surface area contributed by atoms with Gasteiger partial charge in [0.2, 0.25) is 0 Å². The van der Waals surface area contributed by atoms with Crippen LogP contribution < -0.4 is 5.73 Å². The van der Waals surface area contributed by atoms with E-state index in [4.69, 9.17) is 19.9 Å². The van der Waals surface area contributed by atoms with Gasteiger partial charge in [0.15, 0.2) is 0 Å². The number of nitrogens with two attached hydrogens (primary N) is 1. The maximum atomic E-state index is 6.05.